The summed E-state index contributed by atoms with van der Waals surface area (Å²) in [6.07, 6.45) is 0. The predicted octanol–water partition coefficient (Wildman–Crippen LogP) is 4.83. The third kappa shape index (κ3) is 6.34. The lowest BCUT2D eigenvalue weighted by Gasteiger charge is -2.14. The number of ketones is 1. The number of methoxy groups -OCH3 is 2. The third-order valence-corrected chi connectivity index (χ3v) is 4.57. The molecule has 0 aromatic heterocycles. The van der Waals surface area contributed by atoms with Gasteiger partial charge < -0.3 is 24.3 Å². The van der Waals surface area contributed by atoms with E-state index in [2.05, 4.69) is 15.5 Å². The van der Waals surface area contributed by atoms with Gasteiger partial charge in [-0.15, -0.1) is 0 Å². The Morgan fingerprint density at radius 3 is 2.28 bits per heavy atom. The molecule has 0 aliphatic heterocycles. The van der Waals surface area contributed by atoms with Gasteiger partial charge in [0.15, 0.2) is 17.3 Å². The van der Waals surface area contributed by atoms with E-state index in [4.69, 9.17) is 30.5 Å². The molecule has 0 saturated heterocycles. The van der Waals surface area contributed by atoms with Gasteiger partial charge in [-0.2, -0.15) is 10.2 Å². The van der Waals surface area contributed by atoms with Gasteiger partial charge in [-0.25, -0.2) is 0 Å². The molecule has 2 rings (SSSR count). The van der Waals surface area contributed by atoms with Crippen molar-refractivity contribution in [1.82, 2.24) is 0 Å². The normalized spacial score (nSPS) is 11.7. The number of hydrogen-bond donors (Lipinski definition) is 1. The highest BCUT2D eigenvalue weighted by atomic mass is 35.5. The van der Waals surface area contributed by atoms with Crippen molar-refractivity contribution in [3.05, 3.63) is 35.4 Å². The van der Waals surface area contributed by atoms with Gasteiger partial charge >= 0.3 is 0 Å². The summed E-state index contributed by atoms with van der Waals surface area (Å²) in [5, 5.41) is 10.7. The van der Waals surface area contributed by atoms with Gasteiger partial charge in [-0.1, -0.05) is 11.6 Å². The maximum absolute atomic E-state index is 12.8. The minimum Gasteiger partial charge on any atom is -0.497 e. The number of hydrogen-bond acceptors (Lipinski definition) is 8. The number of benzene rings is 2. The molecule has 0 bridgehead atoms. The maximum atomic E-state index is 12.8. The van der Waals surface area contributed by atoms with Gasteiger partial charge in [0.2, 0.25) is 6.04 Å². The average molecular weight is 464 g/mol. The molecule has 0 spiro atoms. The zero-order valence-electron chi connectivity index (χ0n) is 18.6. The Morgan fingerprint density at radius 1 is 1.00 bits per heavy atom. The van der Waals surface area contributed by atoms with Crippen LogP contribution >= 0.6 is 11.6 Å². The van der Waals surface area contributed by atoms with E-state index in [1.807, 2.05) is 13.8 Å². The fourth-order valence-electron chi connectivity index (χ4n) is 2.68. The molecule has 2 aromatic rings. The second-order valence-electron chi connectivity index (χ2n) is 6.41. The molecule has 0 aliphatic carbocycles. The fourth-order valence-corrected chi connectivity index (χ4v) is 2.91. The van der Waals surface area contributed by atoms with Crippen molar-refractivity contribution in [3.8, 4) is 23.0 Å². The number of azo groups is 1. The smallest absolute Gasteiger partial charge is 0.258 e. The molecular formula is C22H26ClN3O6. The molecule has 0 aliphatic rings. The van der Waals surface area contributed by atoms with Crippen molar-refractivity contribution >= 4 is 34.7 Å². The fraction of sp³-hybridized carbons (Fsp3) is 0.364. The lowest BCUT2D eigenvalue weighted by molar-refractivity contribution is -0.126. The summed E-state index contributed by atoms with van der Waals surface area (Å²) in [6, 6.07) is 6.66. The van der Waals surface area contributed by atoms with Crippen molar-refractivity contribution in [2.24, 2.45) is 10.2 Å². The van der Waals surface area contributed by atoms with Crippen molar-refractivity contribution in [1.29, 1.82) is 0 Å². The monoisotopic (exact) mass is 463 g/mol. The first-order valence-corrected chi connectivity index (χ1v) is 10.3. The summed E-state index contributed by atoms with van der Waals surface area (Å²) < 4.78 is 21.4. The zero-order chi connectivity index (χ0) is 23.7. The van der Waals surface area contributed by atoms with Crippen molar-refractivity contribution in [2.45, 2.75) is 26.8 Å². The standard InChI is InChI=1S/C22H26ClN3O6/c1-6-31-17-9-8-14(10-18(17)32-7-2)25-26-21(13(3)27)22(28)24-16-11-15(29-4)12-19(30-5)20(16)23/h8-12,21H,6-7H2,1-5H3,(H,24,28). The number of nitrogens with zero attached hydrogens (tertiary/aromatic N) is 2. The summed E-state index contributed by atoms with van der Waals surface area (Å²) >= 11 is 6.27. The van der Waals surface area contributed by atoms with Crippen LogP contribution in [0.15, 0.2) is 40.6 Å². The van der Waals surface area contributed by atoms with E-state index >= 15 is 0 Å². The summed E-state index contributed by atoms with van der Waals surface area (Å²) in [5.41, 5.74) is 0.617. The lowest BCUT2D eigenvalue weighted by Crippen LogP contribution is -2.32. The first-order valence-electron chi connectivity index (χ1n) is 9.87. The zero-order valence-corrected chi connectivity index (χ0v) is 19.4. The second kappa shape index (κ2) is 11.9. The van der Waals surface area contributed by atoms with Crippen LogP contribution in [0, 0.1) is 0 Å². The third-order valence-electron chi connectivity index (χ3n) is 4.18. The number of carbonyl (C=O) groups is 2. The lowest BCUT2D eigenvalue weighted by atomic mass is 10.2. The van der Waals surface area contributed by atoms with E-state index in [0.29, 0.717) is 41.9 Å². The van der Waals surface area contributed by atoms with Crippen LogP contribution in [-0.2, 0) is 9.59 Å². The largest absolute Gasteiger partial charge is 0.497 e. The van der Waals surface area contributed by atoms with Crippen LogP contribution in [-0.4, -0.2) is 45.2 Å². The molecule has 32 heavy (non-hydrogen) atoms. The van der Waals surface area contributed by atoms with Crippen molar-refractivity contribution < 1.29 is 28.5 Å². The van der Waals surface area contributed by atoms with Crippen LogP contribution in [0.3, 0.4) is 0 Å². The van der Waals surface area contributed by atoms with E-state index in [-0.39, 0.29) is 10.7 Å². The minimum atomic E-state index is -1.38. The quantitative estimate of drug-likeness (QED) is 0.377. The molecule has 2 aromatic carbocycles. The molecule has 10 heteroatoms. The molecule has 1 unspecified atom stereocenters. The average Bonchev–Trinajstić information content (AvgIpc) is 2.77. The van der Waals surface area contributed by atoms with Gasteiger partial charge in [0, 0.05) is 18.2 Å². The maximum Gasteiger partial charge on any atom is 0.258 e. The second-order valence-corrected chi connectivity index (χ2v) is 6.78. The molecule has 0 heterocycles. The van der Waals surface area contributed by atoms with Gasteiger partial charge in [-0.3, -0.25) is 9.59 Å². The summed E-state index contributed by atoms with van der Waals surface area (Å²) in [4.78, 5) is 24.9. The Labute approximate surface area is 191 Å². The number of ether oxygens (including phenoxy) is 4. The predicted molar refractivity (Wildman–Crippen MR) is 121 cm³/mol. The number of anilines is 1. The molecule has 0 saturated carbocycles. The van der Waals surface area contributed by atoms with E-state index in [0.717, 1.165) is 0 Å². The Kier molecular flexibility index (Phi) is 9.27. The molecule has 0 radical (unpaired) electrons. The van der Waals surface area contributed by atoms with Crippen LogP contribution in [0.2, 0.25) is 5.02 Å². The molecule has 1 atom stereocenters. The van der Waals surface area contributed by atoms with Crippen LogP contribution < -0.4 is 24.3 Å². The molecule has 0 fully saturated rings. The van der Waals surface area contributed by atoms with E-state index in [1.54, 1.807) is 24.3 Å². The number of rotatable bonds is 11. The van der Waals surface area contributed by atoms with Crippen LogP contribution in [0.25, 0.3) is 0 Å². The first kappa shape index (κ1) is 24.9. The molecule has 1 amide bonds. The first-order chi connectivity index (χ1) is 15.3. The van der Waals surface area contributed by atoms with Crippen molar-refractivity contribution in [3.63, 3.8) is 0 Å². The Balaban J connectivity index is 2.28. The van der Waals surface area contributed by atoms with Gasteiger partial charge in [0.05, 0.1) is 38.8 Å². The van der Waals surface area contributed by atoms with E-state index < -0.39 is 17.7 Å². The van der Waals surface area contributed by atoms with Gasteiger partial charge in [-0.05, 0) is 32.9 Å². The summed E-state index contributed by atoms with van der Waals surface area (Å²) in [7, 11) is 2.90. The molecule has 172 valence electrons. The van der Waals surface area contributed by atoms with Crippen LogP contribution in [0.1, 0.15) is 20.8 Å². The molecular weight excluding hydrogens is 438 g/mol. The highest BCUT2D eigenvalue weighted by Crippen LogP contribution is 2.37. The highest BCUT2D eigenvalue weighted by molar-refractivity contribution is 6.35. The number of amides is 1. The molecule has 1 N–H and O–H groups in total. The van der Waals surface area contributed by atoms with Crippen LogP contribution in [0.4, 0.5) is 11.4 Å². The van der Waals surface area contributed by atoms with Gasteiger partial charge in [0.1, 0.15) is 16.5 Å². The number of halogens is 1. The molecule has 9 nitrogen and oxygen atoms in total. The number of nitrogens with one attached hydrogen (secondary N) is 1. The van der Waals surface area contributed by atoms with E-state index in [9.17, 15) is 9.59 Å². The van der Waals surface area contributed by atoms with Crippen LogP contribution in [0.5, 0.6) is 23.0 Å². The summed E-state index contributed by atoms with van der Waals surface area (Å²) in [6.45, 7) is 5.87. The van der Waals surface area contributed by atoms with E-state index in [1.165, 1.54) is 27.2 Å². The number of Topliss-reactive ketones (excluding diaryl/α,β-unsaturated/α-hetero) is 1. The Hall–Kier alpha value is -3.33. The SMILES string of the molecule is CCOc1ccc(N=NC(C(C)=O)C(=O)Nc2cc(OC)cc(OC)c2Cl)cc1OCC. The van der Waals surface area contributed by atoms with Crippen molar-refractivity contribution in [2.75, 3.05) is 32.8 Å². The summed E-state index contributed by atoms with van der Waals surface area (Å²) in [5.74, 6) is 0.587. The Bertz CT molecular complexity index is 996. The van der Waals surface area contributed by atoms with Gasteiger partial charge in [0.25, 0.3) is 5.91 Å². The Morgan fingerprint density at radius 2 is 1.69 bits per heavy atom. The number of carbonyl (C=O) groups excluding carboxylic acids is 2. The highest BCUT2D eigenvalue weighted by Gasteiger charge is 2.25. The minimum absolute atomic E-state index is 0.161. The topological polar surface area (TPSA) is 108 Å².